The molecule has 2 aromatic rings. The second-order valence-corrected chi connectivity index (χ2v) is 11.1. The molecule has 0 radical (unpaired) electrons. The van der Waals surface area contributed by atoms with Gasteiger partial charge >= 0.3 is 0 Å². The molecular formula is C29H37ClN2O3. The molecule has 5 rings (SSSR count). The van der Waals surface area contributed by atoms with Crippen LogP contribution >= 0.6 is 11.6 Å². The zero-order valence-corrected chi connectivity index (χ0v) is 21.8. The van der Waals surface area contributed by atoms with E-state index in [2.05, 4.69) is 36.9 Å². The fourth-order valence-corrected chi connectivity index (χ4v) is 6.08. The minimum Gasteiger partial charge on any atom is -0.489 e. The second-order valence-electron chi connectivity index (χ2n) is 10.7. The first-order valence-corrected chi connectivity index (χ1v) is 13.5. The predicted octanol–water partition coefficient (Wildman–Crippen LogP) is 5.50. The quantitative estimate of drug-likeness (QED) is 0.508. The van der Waals surface area contributed by atoms with E-state index >= 15 is 0 Å². The molecule has 6 heteroatoms. The molecule has 0 bridgehead atoms. The van der Waals surface area contributed by atoms with Crippen molar-refractivity contribution in [1.82, 2.24) is 9.80 Å². The summed E-state index contributed by atoms with van der Waals surface area (Å²) in [4.78, 5) is 18.2. The van der Waals surface area contributed by atoms with Crippen LogP contribution in [0.3, 0.4) is 0 Å². The topological polar surface area (TPSA) is 42.0 Å². The van der Waals surface area contributed by atoms with Crippen molar-refractivity contribution in [2.24, 2.45) is 11.8 Å². The van der Waals surface area contributed by atoms with Crippen LogP contribution in [-0.2, 0) is 30.7 Å². The lowest BCUT2D eigenvalue weighted by atomic mass is 10.0. The first-order chi connectivity index (χ1) is 17.0. The standard InChI is InChI=1S/C29H37ClN2O3/c1-20(2)16-32(17-21-14-26(30)28-27(15-21)34-12-5-13-35-28)29(33)24-10-11-31(19-24)18-23-8-3-6-22-7-4-9-25(22)23/h3,6,8,14-15,20,24H,4-5,7,9-13,16-19H2,1-2H3. The molecule has 0 saturated carbocycles. The van der Waals surface area contributed by atoms with Crippen LogP contribution in [0.4, 0.5) is 0 Å². The van der Waals surface area contributed by atoms with E-state index in [0.29, 0.717) is 42.2 Å². The number of ether oxygens (including phenoxy) is 2. The fourth-order valence-electron chi connectivity index (χ4n) is 5.79. The molecule has 5 nitrogen and oxygen atoms in total. The Hall–Kier alpha value is -2.24. The maximum atomic E-state index is 13.7. The van der Waals surface area contributed by atoms with Gasteiger partial charge in [0.05, 0.1) is 24.2 Å². The maximum absolute atomic E-state index is 13.7. The fraction of sp³-hybridized carbons (Fsp3) is 0.552. The van der Waals surface area contributed by atoms with E-state index in [9.17, 15) is 4.79 Å². The zero-order chi connectivity index (χ0) is 24.4. The van der Waals surface area contributed by atoms with Crippen molar-refractivity contribution >= 4 is 17.5 Å². The van der Waals surface area contributed by atoms with Crippen LogP contribution in [0.2, 0.25) is 5.02 Å². The Labute approximate surface area is 214 Å². The van der Waals surface area contributed by atoms with Gasteiger partial charge in [0.2, 0.25) is 5.91 Å². The Kier molecular flexibility index (Phi) is 7.54. The van der Waals surface area contributed by atoms with E-state index in [-0.39, 0.29) is 11.8 Å². The molecule has 1 unspecified atom stereocenters. The van der Waals surface area contributed by atoms with Gasteiger partial charge in [-0.2, -0.15) is 0 Å². The smallest absolute Gasteiger partial charge is 0.227 e. The maximum Gasteiger partial charge on any atom is 0.227 e. The highest BCUT2D eigenvalue weighted by Gasteiger charge is 2.32. The van der Waals surface area contributed by atoms with Crippen LogP contribution < -0.4 is 9.47 Å². The zero-order valence-electron chi connectivity index (χ0n) is 21.0. The van der Waals surface area contributed by atoms with Crippen molar-refractivity contribution in [3.05, 3.63) is 57.6 Å². The molecule has 2 aromatic carbocycles. The number of aryl methyl sites for hydroxylation is 1. The molecule has 1 saturated heterocycles. The molecule has 0 spiro atoms. The number of benzene rings is 2. The summed E-state index contributed by atoms with van der Waals surface area (Å²) < 4.78 is 11.7. The summed E-state index contributed by atoms with van der Waals surface area (Å²) in [7, 11) is 0. The predicted molar refractivity (Wildman–Crippen MR) is 139 cm³/mol. The van der Waals surface area contributed by atoms with Gasteiger partial charge in [-0.3, -0.25) is 9.69 Å². The summed E-state index contributed by atoms with van der Waals surface area (Å²) in [6.07, 6.45) is 5.42. The van der Waals surface area contributed by atoms with Crippen molar-refractivity contribution in [2.75, 3.05) is 32.8 Å². The molecular weight excluding hydrogens is 460 g/mol. The lowest BCUT2D eigenvalue weighted by Crippen LogP contribution is -2.39. The first-order valence-electron chi connectivity index (χ1n) is 13.2. The number of fused-ring (bicyclic) bond motifs is 2. The van der Waals surface area contributed by atoms with Crippen molar-refractivity contribution < 1.29 is 14.3 Å². The van der Waals surface area contributed by atoms with Gasteiger partial charge < -0.3 is 14.4 Å². The third-order valence-electron chi connectivity index (χ3n) is 7.39. The van der Waals surface area contributed by atoms with Gasteiger partial charge in [0.1, 0.15) is 0 Å². The summed E-state index contributed by atoms with van der Waals surface area (Å²) in [5.41, 5.74) is 5.51. The van der Waals surface area contributed by atoms with E-state index in [1.165, 1.54) is 30.4 Å². The van der Waals surface area contributed by atoms with E-state index in [1.54, 1.807) is 5.56 Å². The molecule has 35 heavy (non-hydrogen) atoms. The summed E-state index contributed by atoms with van der Waals surface area (Å²) in [6, 6.07) is 10.7. The first kappa shape index (κ1) is 24.5. The number of rotatable bonds is 7. The molecule has 0 aromatic heterocycles. The highest BCUT2D eigenvalue weighted by Crippen LogP contribution is 2.38. The largest absolute Gasteiger partial charge is 0.489 e. The molecule has 1 aliphatic carbocycles. The lowest BCUT2D eigenvalue weighted by Gasteiger charge is -2.28. The normalized spacial score (nSPS) is 19.6. The lowest BCUT2D eigenvalue weighted by molar-refractivity contribution is -0.136. The third-order valence-corrected chi connectivity index (χ3v) is 7.67. The van der Waals surface area contributed by atoms with E-state index in [1.807, 2.05) is 17.0 Å². The number of likely N-dealkylation sites (tertiary alicyclic amines) is 1. The van der Waals surface area contributed by atoms with Crippen molar-refractivity contribution in [2.45, 2.75) is 59.0 Å². The minimum absolute atomic E-state index is 0.0430. The highest BCUT2D eigenvalue weighted by molar-refractivity contribution is 6.32. The van der Waals surface area contributed by atoms with E-state index in [4.69, 9.17) is 21.1 Å². The molecule has 2 aliphatic heterocycles. The minimum atomic E-state index is 0.0430. The van der Waals surface area contributed by atoms with E-state index in [0.717, 1.165) is 44.6 Å². The van der Waals surface area contributed by atoms with Gasteiger partial charge in [0.15, 0.2) is 11.5 Å². The number of nitrogens with zero attached hydrogens (tertiary/aromatic N) is 2. The Morgan fingerprint density at radius 1 is 1.17 bits per heavy atom. The average Bonchev–Trinajstić information content (AvgIpc) is 3.43. The van der Waals surface area contributed by atoms with Gasteiger partial charge in [-0.25, -0.2) is 0 Å². The SMILES string of the molecule is CC(C)CN(Cc1cc(Cl)c2c(c1)OCCCO2)C(=O)C1CCN(Cc2cccc3c2CCC3)C1. The summed E-state index contributed by atoms with van der Waals surface area (Å²) >= 11 is 6.54. The molecule has 3 aliphatic rings. The van der Waals surface area contributed by atoms with Crippen LogP contribution in [0.25, 0.3) is 0 Å². The number of halogens is 1. The molecule has 1 atom stereocenters. The highest BCUT2D eigenvalue weighted by atomic mass is 35.5. The van der Waals surface area contributed by atoms with Crippen molar-refractivity contribution in [1.29, 1.82) is 0 Å². The molecule has 1 amide bonds. The number of carbonyl (C=O) groups is 1. The number of carbonyl (C=O) groups excluding carboxylic acids is 1. The molecule has 1 fully saturated rings. The van der Waals surface area contributed by atoms with Crippen LogP contribution in [-0.4, -0.2) is 48.6 Å². The van der Waals surface area contributed by atoms with Crippen molar-refractivity contribution in [3.63, 3.8) is 0 Å². The van der Waals surface area contributed by atoms with Gasteiger partial charge in [-0.15, -0.1) is 0 Å². The van der Waals surface area contributed by atoms with Crippen LogP contribution in [0.5, 0.6) is 11.5 Å². The Bertz CT molecular complexity index is 1070. The van der Waals surface area contributed by atoms with Gasteiger partial charge in [-0.1, -0.05) is 43.6 Å². The third kappa shape index (κ3) is 5.62. The van der Waals surface area contributed by atoms with Gasteiger partial charge in [-0.05, 0) is 72.5 Å². The van der Waals surface area contributed by atoms with E-state index < -0.39 is 0 Å². The van der Waals surface area contributed by atoms with Crippen LogP contribution in [0.1, 0.15) is 55.4 Å². The number of hydrogen-bond donors (Lipinski definition) is 0. The molecule has 0 N–H and O–H groups in total. The number of hydrogen-bond acceptors (Lipinski definition) is 4. The monoisotopic (exact) mass is 496 g/mol. The summed E-state index contributed by atoms with van der Waals surface area (Å²) in [5.74, 6) is 1.99. The second kappa shape index (κ2) is 10.8. The van der Waals surface area contributed by atoms with Crippen LogP contribution in [0, 0.1) is 11.8 Å². The Morgan fingerprint density at radius 2 is 2.03 bits per heavy atom. The van der Waals surface area contributed by atoms with Gasteiger partial charge in [0, 0.05) is 32.6 Å². The molecule has 188 valence electrons. The van der Waals surface area contributed by atoms with Crippen molar-refractivity contribution in [3.8, 4) is 11.5 Å². The molecule has 2 heterocycles. The van der Waals surface area contributed by atoms with Gasteiger partial charge in [0.25, 0.3) is 0 Å². The Morgan fingerprint density at radius 3 is 2.89 bits per heavy atom. The summed E-state index contributed by atoms with van der Waals surface area (Å²) in [5, 5.41) is 0.554. The van der Waals surface area contributed by atoms with Crippen LogP contribution in [0.15, 0.2) is 30.3 Å². The average molecular weight is 497 g/mol. The summed E-state index contributed by atoms with van der Waals surface area (Å²) in [6.45, 7) is 9.58. The number of amides is 1. The Balaban J connectivity index is 1.27.